The number of hydrogen-bond acceptors (Lipinski definition) is 10. The van der Waals surface area contributed by atoms with Gasteiger partial charge in [-0.25, -0.2) is 19.9 Å². The second-order valence-corrected chi connectivity index (χ2v) is 9.72. The lowest BCUT2D eigenvalue weighted by Gasteiger charge is -2.30. The number of nitrogens with one attached hydrogen (secondary N) is 2. The molecule has 0 bridgehead atoms. The van der Waals surface area contributed by atoms with Gasteiger partial charge in [-0.05, 0) is 25.8 Å². The number of aromatic nitrogens is 4. The standard InChI is InChI=1S/C23H22F3N7O5S/c1-11(31-19(35)14-7-18(30-10-29-14)33-4-2-12(3-5-33)22(37)38)21-28-9-16(39-21)20(36)32-17-6-13(23(24,25)26)15(34)8-27-17/h6-12,34H,2-5H2,1H3,(H,31,35)(H,37,38)(H,27,32,36). The van der Waals surface area contributed by atoms with Gasteiger partial charge in [-0.1, -0.05) is 0 Å². The zero-order chi connectivity index (χ0) is 28.3. The van der Waals surface area contributed by atoms with E-state index < -0.39 is 53.1 Å². The monoisotopic (exact) mass is 565 g/mol. The Morgan fingerprint density at radius 1 is 1.08 bits per heavy atom. The summed E-state index contributed by atoms with van der Waals surface area (Å²) in [6.07, 6.45) is -0.864. The molecule has 1 saturated heterocycles. The molecule has 2 amide bonds. The summed E-state index contributed by atoms with van der Waals surface area (Å²) in [6, 6.07) is 1.38. The summed E-state index contributed by atoms with van der Waals surface area (Å²) in [4.78, 5) is 54.3. The van der Waals surface area contributed by atoms with Crippen molar-refractivity contribution in [2.45, 2.75) is 32.0 Å². The summed E-state index contributed by atoms with van der Waals surface area (Å²) < 4.78 is 39.0. The summed E-state index contributed by atoms with van der Waals surface area (Å²) >= 11 is 0.921. The number of hydrogen-bond donors (Lipinski definition) is 4. The first-order valence-corrected chi connectivity index (χ1v) is 12.4. The Labute approximate surface area is 223 Å². The van der Waals surface area contributed by atoms with Crippen LogP contribution >= 0.6 is 11.3 Å². The van der Waals surface area contributed by atoms with Crippen molar-refractivity contribution >= 4 is 40.8 Å². The van der Waals surface area contributed by atoms with Crippen LogP contribution in [0.4, 0.5) is 24.8 Å². The molecule has 4 N–H and O–H groups in total. The summed E-state index contributed by atoms with van der Waals surface area (Å²) in [5, 5.41) is 23.9. The molecule has 1 unspecified atom stereocenters. The Morgan fingerprint density at radius 2 is 1.79 bits per heavy atom. The maximum atomic E-state index is 13.0. The van der Waals surface area contributed by atoms with Gasteiger partial charge in [0.1, 0.15) is 44.9 Å². The molecule has 1 aliphatic rings. The van der Waals surface area contributed by atoms with Crippen molar-refractivity contribution in [1.82, 2.24) is 25.3 Å². The molecule has 12 nitrogen and oxygen atoms in total. The van der Waals surface area contributed by atoms with Gasteiger partial charge >= 0.3 is 12.1 Å². The van der Waals surface area contributed by atoms with Crippen LogP contribution in [0.5, 0.6) is 5.75 Å². The first kappa shape index (κ1) is 27.7. The van der Waals surface area contributed by atoms with Crippen LogP contribution in [0.25, 0.3) is 0 Å². The number of thiazole rings is 1. The highest BCUT2D eigenvalue weighted by Gasteiger charge is 2.34. The fraction of sp³-hybridized carbons (Fsp3) is 0.348. The third-order valence-corrected chi connectivity index (χ3v) is 7.13. The number of alkyl halides is 3. The number of aromatic hydroxyl groups is 1. The molecule has 1 fully saturated rings. The number of anilines is 2. The Bertz CT molecular complexity index is 1390. The molecule has 0 radical (unpaired) electrons. The largest absolute Gasteiger partial charge is 0.506 e. The lowest BCUT2D eigenvalue weighted by atomic mass is 9.97. The van der Waals surface area contributed by atoms with Crippen LogP contribution in [-0.2, 0) is 11.0 Å². The van der Waals surface area contributed by atoms with Gasteiger partial charge in [0.05, 0.1) is 24.4 Å². The number of carboxylic acids is 1. The number of rotatable bonds is 7. The predicted octanol–water partition coefficient (Wildman–Crippen LogP) is 3.10. The third-order valence-electron chi connectivity index (χ3n) is 5.95. The highest BCUT2D eigenvalue weighted by Crippen LogP contribution is 2.36. The highest BCUT2D eigenvalue weighted by atomic mass is 32.1. The van der Waals surface area contributed by atoms with Crippen molar-refractivity contribution in [3.05, 3.63) is 52.0 Å². The Hall–Kier alpha value is -4.34. The Balaban J connectivity index is 1.38. The molecule has 4 rings (SSSR count). The number of carboxylic acid groups (broad SMARTS) is 1. The second kappa shape index (κ2) is 11.2. The number of nitrogens with zero attached hydrogens (tertiary/aromatic N) is 5. The van der Waals surface area contributed by atoms with Crippen molar-refractivity contribution in [3.63, 3.8) is 0 Å². The van der Waals surface area contributed by atoms with E-state index in [0.29, 0.717) is 49.0 Å². The second-order valence-electron chi connectivity index (χ2n) is 8.66. The van der Waals surface area contributed by atoms with Crippen LogP contribution in [-0.4, -0.2) is 61.0 Å². The number of amides is 2. The quantitative estimate of drug-likeness (QED) is 0.334. The van der Waals surface area contributed by atoms with Gasteiger partial charge in [-0.15, -0.1) is 11.3 Å². The van der Waals surface area contributed by atoms with Gasteiger partial charge in [-0.3, -0.25) is 14.4 Å². The molecule has 3 aromatic rings. The smallest absolute Gasteiger partial charge is 0.420 e. The molecule has 1 atom stereocenters. The summed E-state index contributed by atoms with van der Waals surface area (Å²) in [7, 11) is 0. The minimum absolute atomic E-state index is 0.0589. The molecule has 3 aromatic heterocycles. The van der Waals surface area contributed by atoms with Gasteiger partial charge in [0, 0.05) is 19.2 Å². The minimum Gasteiger partial charge on any atom is -0.506 e. The van der Waals surface area contributed by atoms with Crippen molar-refractivity contribution in [3.8, 4) is 5.75 Å². The fourth-order valence-corrected chi connectivity index (χ4v) is 4.66. The number of carbonyl (C=O) groups excluding carboxylic acids is 2. The fourth-order valence-electron chi connectivity index (χ4n) is 3.85. The van der Waals surface area contributed by atoms with Gasteiger partial charge < -0.3 is 25.7 Å². The van der Waals surface area contributed by atoms with Crippen LogP contribution in [0.2, 0.25) is 0 Å². The van der Waals surface area contributed by atoms with Crippen LogP contribution < -0.4 is 15.5 Å². The number of aliphatic carboxylic acids is 1. The van der Waals surface area contributed by atoms with E-state index >= 15 is 0 Å². The first-order valence-electron chi connectivity index (χ1n) is 11.6. The highest BCUT2D eigenvalue weighted by molar-refractivity contribution is 7.13. The van der Waals surface area contributed by atoms with E-state index in [4.69, 9.17) is 5.11 Å². The van der Waals surface area contributed by atoms with E-state index in [2.05, 4.69) is 30.6 Å². The van der Waals surface area contributed by atoms with Crippen molar-refractivity contribution in [2.75, 3.05) is 23.3 Å². The maximum absolute atomic E-state index is 13.0. The molecular formula is C23H22F3N7O5S. The molecule has 1 aliphatic heterocycles. The van der Waals surface area contributed by atoms with Crippen molar-refractivity contribution in [2.24, 2.45) is 5.92 Å². The Kier molecular flexibility index (Phi) is 7.94. The molecular weight excluding hydrogens is 543 g/mol. The number of carbonyl (C=O) groups is 3. The normalized spacial score (nSPS) is 15.0. The SMILES string of the molecule is CC(NC(=O)c1cc(N2CCC(C(=O)O)CC2)ncn1)c1ncc(C(=O)Nc2cc(C(F)(F)F)c(O)cn2)s1. The molecule has 0 spiro atoms. The number of halogens is 3. The summed E-state index contributed by atoms with van der Waals surface area (Å²) in [6.45, 7) is 2.59. The minimum atomic E-state index is -4.83. The van der Waals surface area contributed by atoms with E-state index in [1.165, 1.54) is 18.6 Å². The van der Waals surface area contributed by atoms with Gasteiger partial charge in [0.2, 0.25) is 0 Å². The maximum Gasteiger partial charge on any atom is 0.420 e. The topological polar surface area (TPSA) is 171 Å². The molecule has 0 aromatic carbocycles. The molecule has 16 heteroatoms. The van der Waals surface area contributed by atoms with E-state index in [9.17, 15) is 32.7 Å². The van der Waals surface area contributed by atoms with Crippen LogP contribution in [0.3, 0.4) is 0 Å². The van der Waals surface area contributed by atoms with Crippen LogP contribution in [0.15, 0.2) is 30.9 Å². The molecule has 0 aliphatic carbocycles. The summed E-state index contributed by atoms with van der Waals surface area (Å²) in [5.41, 5.74) is -1.26. The van der Waals surface area contributed by atoms with Gasteiger partial charge in [0.25, 0.3) is 11.8 Å². The van der Waals surface area contributed by atoms with Crippen molar-refractivity contribution in [1.29, 1.82) is 0 Å². The number of pyridine rings is 1. The molecule has 4 heterocycles. The average Bonchev–Trinajstić information content (AvgIpc) is 3.40. The molecule has 39 heavy (non-hydrogen) atoms. The van der Waals surface area contributed by atoms with Crippen LogP contribution in [0.1, 0.15) is 56.5 Å². The van der Waals surface area contributed by atoms with Crippen LogP contribution in [0, 0.1) is 5.92 Å². The third kappa shape index (κ3) is 6.57. The van der Waals surface area contributed by atoms with Gasteiger partial charge in [0.15, 0.2) is 0 Å². The molecule has 206 valence electrons. The van der Waals surface area contributed by atoms with E-state index in [1.807, 2.05) is 4.90 Å². The average molecular weight is 566 g/mol. The summed E-state index contributed by atoms with van der Waals surface area (Å²) in [5.74, 6) is -3.52. The predicted molar refractivity (Wildman–Crippen MR) is 131 cm³/mol. The van der Waals surface area contributed by atoms with E-state index in [0.717, 1.165) is 11.3 Å². The van der Waals surface area contributed by atoms with Gasteiger partial charge in [-0.2, -0.15) is 13.2 Å². The first-order chi connectivity index (χ1) is 18.4. The lowest BCUT2D eigenvalue weighted by Crippen LogP contribution is -2.37. The Morgan fingerprint density at radius 3 is 2.46 bits per heavy atom. The lowest BCUT2D eigenvalue weighted by molar-refractivity contribution is -0.142. The molecule has 0 saturated carbocycles. The van der Waals surface area contributed by atoms with E-state index in [-0.39, 0.29) is 10.6 Å². The zero-order valence-electron chi connectivity index (χ0n) is 20.3. The number of piperidine rings is 1. The van der Waals surface area contributed by atoms with E-state index in [1.54, 1.807) is 6.92 Å². The zero-order valence-corrected chi connectivity index (χ0v) is 21.1. The van der Waals surface area contributed by atoms with Crippen molar-refractivity contribution < 1.29 is 37.8 Å².